The van der Waals surface area contributed by atoms with Gasteiger partial charge in [-0.15, -0.1) is 0 Å². The van der Waals surface area contributed by atoms with E-state index >= 15 is 0 Å². The van der Waals surface area contributed by atoms with Crippen molar-refractivity contribution >= 4 is 17.4 Å². The summed E-state index contributed by atoms with van der Waals surface area (Å²) in [5, 5.41) is 8.87. The number of nitrogens with two attached hydrogens (primary N) is 1. The van der Waals surface area contributed by atoms with Gasteiger partial charge in [0.05, 0.1) is 11.4 Å². The number of nitrogen functional groups attached to an aromatic ring is 1. The van der Waals surface area contributed by atoms with Crippen molar-refractivity contribution in [3.63, 3.8) is 0 Å². The average molecular weight is 489 g/mol. The van der Waals surface area contributed by atoms with E-state index in [1.165, 1.54) is 23.0 Å². The van der Waals surface area contributed by atoms with Crippen LogP contribution in [0.15, 0.2) is 36.7 Å². The molecule has 0 unspecified atom stereocenters. The Morgan fingerprint density at radius 2 is 2.06 bits per heavy atom. The molecule has 4 heterocycles. The zero-order valence-corrected chi connectivity index (χ0v) is 19.0. The number of pyridine rings is 1. The summed E-state index contributed by atoms with van der Waals surface area (Å²) < 4.78 is 49.9. The van der Waals surface area contributed by atoms with E-state index in [-0.39, 0.29) is 23.1 Å². The minimum atomic E-state index is -2.64. The number of fused-ring (bicyclic) bond motifs is 7. The number of ether oxygens (including phenoxy) is 1. The average Bonchev–Trinajstić information content (AvgIpc) is 3.27. The number of rotatable bonds is 2. The van der Waals surface area contributed by atoms with E-state index in [2.05, 4.69) is 15.2 Å². The topological polar surface area (TPSA) is 83.8 Å². The maximum Gasteiger partial charge on any atom is 0.257 e. The molecule has 176 valence electrons. The molecular weight excluding hydrogens is 469 g/mol. The second-order valence-electron chi connectivity index (χ2n) is 8.14. The van der Waals surface area contributed by atoms with Crippen LogP contribution in [-0.2, 0) is 20.0 Å². The third-order valence-corrected chi connectivity index (χ3v) is 6.05. The molecule has 0 spiro atoms. The van der Waals surface area contributed by atoms with Gasteiger partial charge < -0.3 is 10.5 Å². The van der Waals surface area contributed by atoms with Crippen molar-refractivity contribution in [3.8, 4) is 28.3 Å². The van der Waals surface area contributed by atoms with E-state index in [4.69, 9.17) is 22.1 Å². The van der Waals surface area contributed by atoms with Gasteiger partial charge in [-0.05, 0) is 31.2 Å². The smallest absolute Gasteiger partial charge is 0.257 e. The minimum Gasteiger partial charge on any atom is -0.482 e. The van der Waals surface area contributed by atoms with E-state index in [0.29, 0.717) is 33.6 Å². The molecular formula is C23H20ClF3N6O. The molecule has 5 rings (SSSR count). The third kappa shape index (κ3) is 3.87. The fourth-order valence-corrected chi connectivity index (χ4v) is 4.56. The summed E-state index contributed by atoms with van der Waals surface area (Å²) in [6.45, 7) is 1.12. The van der Waals surface area contributed by atoms with E-state index in [1.54, 1.807) is 30.8 Å². The predicted molar refractivity (Wildman–Crippen MR) is 121 cm³/mol. The van der Waals surface area contributed by atoms with Gasteiger partial charge >= 0.3 is 0 Å². The Kier molecular flexibility index (Phi) is 5.47. The number of aromatic nitrogens is 5. The van der Waals surface area contributed by atoms with Crippen LogP contribution in [0.5, 0.6) is 5.75 Å². The second kappa shape index (κ2) is 8.35. The van der Waals surface area contributed by atoms with Gasteiger partial charge in [0.25, 0.3) is 6.43 Å². The Balaban J connectivity index is 1.81. The van der Waals surface area contributed by atoms with Crippen molar-refractivity contribution in [3.05, 3.63) is 64.3 Å². The summed E-state index contributed by atoms with van der Waals surface area (Å²) >= 11 is 6.47. The van der Waals surface area contributed by atoms with Crippen LogP contribution in [0.2, 0.25) is 5.15 Å². The van der Waals surface area contributed by atoms with Crippen LogP contribution in [0.3, 0.4) is 0 Å². The molecule has 1 atom stereocenters. The van der Waals surface area contributed by atoms with Crippen LogP contribution in [0.1, 0.15) is 29.7 Å². The summed E-state index contributed by atoms with van der Waals surface area (Å²) in [5.41, 5.74) is 10.1. The van der Waals surface area contributed by atoms with Crippen molar-refractivity contribution in [2.45, 2.75) is 32.4 Å². The molecule has 0 radical (unpaired) electrons. The number of nitrogens with zero attached hydrogens (tertiary/aromatic N) is 5. The van der Waals surface area contributed by atoms with Crippen molar-refractivity contribution in [1.82, 2.24) is 24.5 Å². The lowest BCUT2D eigenvalue weighted by atomic mass is 9.94. The predicted octanol–water partition coefficient (Wildman–Crippen LogP) is 5.03. The highest BCUT2D eigenvalue weighted by Crippen LogP contribution is 2.40. The lowest BCUT2D eigenvalue weighted by Gasteiger charge is -2.21. The van der Waals surface area contributed by atoms with E-state index in [9.17, 15) is 13.2 Å². The number of alkyl halides is 2. The molecule has 34 heavy (non-hydrogen) atoms. The highest BCUT2D eigenvalue weighted by Gasteiger charge is 2.27. The SMILES string of the molecule is C[C@H]1Oc2cc(cnc2N)-c2c(c(Cl)nn2CC(F)F)Cc2cn(C)nc2-c2ccc(F)cc21. The van der Waals surface area contributed by atoms with Crippen LogP contribution >= 0.6 is 11.6 Å². The van der Waals surface area contributed by atoms with Gasteiger partial charge in [0.2, 0.25) is 0 Å². The van der Waals surface area contributed by atoms with E-state index in [1.807, 2.05) is 6.20 Å². The Labute approximate surface area is 197 Å². The fourth-order valence-electron chi connectivity index (χ4n) is 4.32. The highest BCUT2D eigenvalue weighted by molar-refractivity contribution is 6.30. The highest BCUT2D eigenvalue weighted by atomic mass is 35.5. The van der Waals surface area contributed by atoms with Crippen molar-refractivity contribution < 1.29 is 17.9 Å². The number of aryl methyl sites for hydroxylation is 1. The molecule has 2 N–H and O–H groups in total. The van der Waals surface area contributed by atoms with Crippen molar-refractivity contribution in [2.75, 3.05) is 5.73 Å². The molecule has 0 fully saturated rings. The van der Waals surface area contributed by atoms with Gasteiger partial charge in [-0.1, -0.05) is 11.6 Å². The quantitative estimate of drug-likeness (QED) is 0.428. The molecule has 0 aliphatic carbocycles. The number of benzene rings is 1. The summed E-state index contributed by atoms with van der Waals surface area (Å²) in [4.78, 5) is 4.20. The van der Waals surface area contributed by atoms with Gasteiger partial charge in [-0.3, -0.25) is 9.36 Å². The lowest BCUT2D eigenvalue weighted by Crippen LogP contribution is -2.12. The summed E-state index contributed by atoms with van der Waals surface area (Å²) in [6.07, 6.45) is 0.279. The monoisotopic (exact) mass is 488 g/mol. The number of anilines is 1. The zero-order valence-electron chi connectivity index (χ0n) is 18.3. The molecule has 2 bridgehead atoms. The van der Waals surface area contributed by atoms with Crippen LogP contribution in [-0.4, -0.2) is 31.0 Å². The van der Waals surface area contributed by atoms with Crippen LogP contribution < -0.4 is 10.5 Å². The molecule has 11 heteroatoms. The lowest BCUT2D eigenvalue weighted by molar-refractivity contribution is 0.122. The summed E-state index contributed by atoms with van der Waals surface area (Å²) in [7, 11) is 1.77. The molecule has 1 aromatic carbocycles. The maximum atomic E-state index is 14.3. The number of hydrogen-bond donors (Lipinski definition) is 1. The van der Waals surface area contributed by atoms with Gasteiger partial charge in [-0.2, -0.15) is 10.2 Å². The Bertz CT molecular complexity index is 1400. The molecule has 1 aliphatic heterocycles. The summed E-state index contributed by atoms with van der Waals surface area (Å²) in [6, 6.07) is 6.01. The maximum absolute atomic E-state index is 14.3. The zero-order chi connectivity index (χ0) is 24.1. The Morgan fingerprint density at radius 3 is 2.82 bits per heavy atom. The molecule has 3 aromatic heterocycles. The van der Waals surface area contributed by atoms with Crippen LogP contribution in [0.4, 0.5) is 19.0 Å². The van der Waals surface area contributed by atoms with Crippen molar-refractivity contribution in [2.24, 2.45) is 7.05 Å². The van der Waals surface area contributed by atoms with Crippen LogP contribution in [0.25, 0.3) is 22.5 Å². The van der Waals surface area contributed by atoms with Crippen molar-refractivity contribution in [1.29, 1.82) is 0 Å². The largest absolute Gasteiger partial charge is 0.482 e. The molecule has 0 amide bonds. The van der Waals surface area contributed by atoms with E-state index < -0.39 is 24.9 Å². The summed E-state index contributed by atoms with van der Waals surface area (Å²) in [5.74, 6) is -0.0807. The number of halogens is 4. The van der Waals surface area contributed by atoms with Gasteiger partial charge in [0.1, 0.15) is 18.5 Å². The number of hydrogen-bond acceptors (Lipinski definition) is 5. The molecule has 0 saturated carbocycles. The normalized spacial score (nSPS) is 15.1. The first-order valence-corrected chi connectivity index (χ1v) is 10.9. The van der Waals surface area contributed by atoms with Gasteiger partial charge in [-0.25, -0.2) is 18.2 Å². The molecule has 4 aromatic rings. The van der Waals surface area contributed by atoms with Gasteiger partial charge in [0, 0.05) is 53.7 Å². The first-order chi connectivity index (χ1) is 16.2. The molecule has 7 nitrogen and oxygen atoms in total. The van der Waals surface area contributed by atoms with Crippen LogP contribution in [0, 0.1) is 5.82 Å². The standard InChI is InChI=1S/C23H20ClF3N6O/c1-11-16-7-14(25)3-4-15(16)20-13(9-32(2)30-20)5-17-21(33(10-19(26)27)31-22(17)24)12-6-18(34-11)23(28)29-8-12/h3-4,6-9,11,19H,5,10H2,1-2H3,(H2,28,29)/t11-/m1/s1. The van der Waals surface area contributed by atoms with E-state index in [0.717, 1.165) is 5.56 Å². The minimum absolute atomic E-state index is 0.0921. The Hall–Kier alpha value is -3.53. The Morgan fingerprint density at radius 1 is 1.26 bits per heavy atom. The molecule has 0 saturated heterocycles. The fraction of sp³-hybridized carbons (Fsp3) is 0.261. The molecule has 1 aliphatic rings. The third-order valence-electron chi connectivity index (χ3n) is 5.75. The van der Waals surface area contributed by atoms with Gasteiger partial charge in [0.15, 0.2) is 16.7 Å². The first kappa shape index (κ1) is 22.3. The second-order valence-corrected chi connectivity index (χ2v) is 8.50. The first-order valence-electron chi connectivity index (χ1n) is 10.5.